The first-order valence-electron chi connectivity index (χ1n) is 8.90. The van der Waals surface area contributed by atoms with E-state index in [2.05, 4.69) is 25.6 Å². The lowest BCUT2D eigenvalue weighted by Crippen LogP contribution is -2.07. The maximum absolute atomic E-state index is 14.2. The van der Waals surface area contributed by atoms with Crippen LogP contribution >= 0.6 is 22.7 Å². The van der Waals surface area contributed by atoms with E-state index < -0.39 is 11.6 Å². The van der Waals surface area contributed by atoms with Crippen molar-refractivity contribution in [1.29, 1.82) is 0 Å². The van der Waals surface area contributed by atoms with E-state index in [1.54, 1.807) is 30.5 Å². The number of benzene rings is 1. The van der Waals surface area contributed by atoms with Gasteiger partial charge < -0.3 is 5.32 Å². The summed E-state index contributed by atoms with van der Waals surface area (Å²) in [6.45, 7) is 5.62. The minimum absolute atomic E-state index is 0.00281. The van der Waals surface area contributed by atoms with Crippen LogP contribution in [0.3, 0.4) is 0 Å². The Bertz CT molecular complexity index is 1150. The second-order valence-corrected chi connectivity index (χ2v) is 8.57. The molecule has 4 aromatic rings. The van der Waals surface area contributed by atoms with Gasteiger partial charge in [-0.2, -0.15) is 5.10 Å². The monoisotopic (exact) mass is 432 g/mol. The fourth-order valence-electron chi connectivity index (χ4n) is 2.78. The molecular formula is C19H18F2N6S2. The molecule has 0 bridgehead atoms. The molecule has 0 aliphatic rings. The van der Waals surface area contributed by atoms with Crippen molar-refractivity contribution in [2.45, 2.75) is 33.2 Å². The Morgan fingerprint density at radius 2 is 1.97 bits per heavy atom. The van der Waals surface area contributed by atoms with Crippen LogP contribution in [-0.2, 0) is 6.54 Å². The van der Waals surface area contributed by atoms with Crippen molar-refractivity contribution in [3.05, 3.63) is 68.2 Å². The number of aromatic nitrogens is 5. The molecule has 1 atom stereocenters. The van der Waals surface area contributed by atoms with Gasteiger partial charge >= 0.3 is 0 Å². The van der Waals surface area contributed by atoms with Crippen LogP contribution in [0.25, 0.3) is 0 Å². The zero-order chi connectivity index (χ0) is 20.5. The van der Waals surface area contributed by atoms with E-state index in [4.69, 9.17) is 0 Å². The smallest absolute Gasteiger partial charge is 0.211 e. The van der Waals surface area contributed by atoms with Crippen LogP contribution in [0.5, 0.6) is 0 Å². The third kappa shape index (κ3) is 4.18. The lowest BCUT2D eigenvalue weighted by molar-refractivity contribution is 0.528. The zero-order valence-corrected chi connectivity index (χ0v) is 17.6. The number of nitrogens with one attached hydrogen (secondary N) is 1. The van der Waals surface area contributed by atoms with Crippen LogP contribution in [-0.4, -0.2) is 25.0 Å². The maximum atomic E-state index is 14.2. The van der Waals surface area contributed by atoms with Crippen LogP contribution in [0.2, 0.25) is 0 Å². The summed E-state index contributed by atoms with van der Waals surface area (Å²) >= 11 is 3.03. The molecule has 6 nitrogen and oxygen atoms in total. The number of thiazole rings is 1. The molecule has 29 heavy (non-hydrogen) atoms. The van der Waals surface area contributed by atoms with Crippen molar-refractivity contribution in [3.8, 4) is 0 Å². The number of nitrogens with zero attached hydrogens (tertiary/aromatic N) is 5. The number of rotatable bonds is 6. The number of aryl methyl sites for hydroxylation is 2. The predicted octanol–water partition coefficient (Wildman–Crippen LogP) is 5.03. The van der Waals surface area contributed by atoms with Crippen LogP contribution in [0, 0.1) is 25.5 Å². The van der Waals surface area contributed by atoms with Crippen LogP contribution < -0.4 is 5.32 Å². The van der Waals surface area contributed by atoms with Crippen molar-refractivity contribution in [3.63, 3.8) is 0 Å². The molecule has 3 aromatic heterocycles. The number of hydrogen-bond acceptors (Lipinski definition) is 7. The van der Waals surface area contributed by atoms with Gasteiger partial charge in [0.2, 0.25) is 5.13 Å². The van der Waals surface area contributed by atoms with E-state index in [1.165, 1.54) is 28.2 Å². The van der Waals surface area contributed by atoms with Gasteiger partial charge in [0.25, 0.3) is 0 Å². The Kier molecular flexibility index (Phi) is 5.37. The first-order valence-corrected chi connectivity index (χ1v) is 10.6. The zero-order valence-electron chi connectivity index (χ0n) is 16.0. The van der Waals surface area contributed by atoms with Crippen molar-refractivity contribution in [2.75, 3.05) is 5.32 Å². The molecule has 10 heteroatoms. The highest BCUT2D eigenvalue weighted by molar-refractivity contribution is 7.15. The summed E-state index contributed by atoms with van der Waals surface area (Å²) in [5.74, 6) is -0.543. The highest BCUT2D eigenvalue weighted by Crippen LogP contribution is 2.31. The standard InChI is InChI=1S/C19H18F2N6S2/c1-10-4-5-14(20)13(16(10)21)8-27-7-6-15(26-27)23-19-25-24-18(29-19)12(3)17-22-11(2)9-28-17/h4-7,9,12H,8H2,1-3H3,(H,23,25,26). The summed E-state index contributed by atoms with van der Waals surface area (Å²) in [4.78, 5) is 4.50. The fraction of sp³-hybridized carbons (Fsp3) is 0.263. The van der Waals surface area contributed by atoms with Gasteiger partial charge in [0.15, 0.2) is 5.82 Å². The quantitative estimate of drug-likeness (QED) is 0.463. The van der Waals surface area contributed by atoms with Gasteiger partial charge in [-0.1, -0.05) is 17.4 Å². The molecule has 150 valence electrons. The van der Waals surface area contributed by atoms with Crippen LogP contribution in [0.1, 0.15) is 39.7 Å². The lowest BCUT2D eigenvalue weighted by Gasteiger charge is -2.07. The summed E-state index contributed by atoms with van der Waals surface area (Å²) < 4.78 is 29.7. The molecule has 1 aromatic carbocycles. The Morgan fingerprint density at radius 3 is 2.72 bits per heavy atom. The Balaban J connectivity index is 1.46. The molecule has 4 rings (SSSR count). The Morgan fingerprint density at radius 1 is 1.14 bits per heavy atom. The van der Waals surface area contributed by atoms with Crippen molar-refractivity contribution in [1.82, 2.24) is 25.0 Å². The summed E-state index contributed by atoms with van der Waals surface area (Å²) in [7, 11) is 0. The van der Waals surface area contributed by atoms with Crippen LogP contribution in [0.15, 0.2) is 29.8 Å². The van der Waals surface area contributed by atoms with E-state index in [0.29, 0.717) is 16.5 Å². The molecular weight excluding hydrogens is 414 g/mol. The summed E-state index contributed by atoms with van der Waals surface area (Å²) in [6.07, 6.45) is 1.66. The topological polar surface area (TPSA) is 68.5 Å². The van der Waals surface area contributed by atoms with E-state index in [-0.39, 0.29) is 18.0 Å². The fourth-order valence-corrected chi connectivity index (χ4v) is 4.52. The van der Waals surface area contributed by atoms with Crippen molar-refractivity contribution in [2.24, 2.45) is 0 Å². The molecule has 0 aliphatic carbocycles. The van der Waals surface area contributed by atoms with Gasteiger partial charge in [0.05, 0.1) is 12.5 Å². The van der Waals surface area contributed by atoms with Gasteiger partial charge in [0.1, 0.15) is 21.6 Å². The maximum Gasteiger partial charge on any atom is 0.211 e. The lowest BCUT2D eigenvalue weighted by atomic mass is 10.1. The van der Waals surface area contributed by atoms with E-state index in [1.807, 2.05) is 19.2 Å². The Hall–Kier alpha value is -2.72. The highest BCUT2D eigenvalue weighted by atomic mass is 32.1. The number of anilines is 2. The van der Waals surface area contributed by atoms with Crippen LogP contribution in [0.4, 0.5) is 19.7 Å². The first kappa shape index (κ1) is 19.6. The largest absolute Gasteiger partial charge is 0.313 e. The predicted molar refractivity (Wildman–Crippen MR) is 110 cm³/mol. The minimum Gasteiger partial charge on any atom is -0.313 e. The van der Waals surface area contributed by atoms with E-state index in [0.717, 1.165) is 15.7 Å². The molecule has 3 heterocycles. The summed E-state index contributed by atoms with van der Waals surface area (Å²) in [5, 5.41) is 20.3. The number of halogens is 2. The second kappa shape index (κ2) is 7.96. The highest BCUT2D eigenvalue weighted by Gasteiger charge is 2.18. The summed E-state index contributed by atoms with van der Waals surface area (Å²) in [5.41, 5.74) is 1.38. The van der Waals surface area contributed by atoms with Gasteiger partial charge in [-0.15, -0.1) is 21.5 Å². The van der Waals surface area contributed by atoms with E-state index >= 15 is 0 Å². The molecule has 0 saturated carbocycles. The SMILES string of the molecule is Cc1csc(C(C)c2nnc(Nc3ccn(Cc4c(F)ccc(C)c4F)n3)s2)n1. The summed E-state index contributed by atoms with van der Waals surface area (Å²) in [6, 6.07) is 4.41. The molecule has 0 aliphatic heterocycles. The van der Waals surface area contributed by atoms with E-state index in [9.17, 15) is 8.78 Å². The molecule has 0 spiro atoms. The Labute approximate surface area is 174 Å². The second-order valence-electron chi connectivity index (χ2n) is 6.67. The third-order valence-corrected chi connectivity index (χ3v) is 6.56. The van der Waals surface area contributed by atoms with Gasteiger partial charge in [0, 0.05) is 28.9 Å². The first-order chi connectivity index (χ1) is 13.9. The average Bonchev–Trinajstić information content (AvgIpc) is 3.43. The van der Waals surface area contributed by atoms with Gasteiger partial charge in [-0.25, -0.2) is 13.8 Å². The van der Waals surface area contributed by atoms with Gasteiger partial charge in [-0.05, 0) is 32.4 Å². The third-order valence-electron chi connectivity index (χ3n) is 4.39. The molecule has 0 radical (unpaired) electrons. The molecule has 1 N–H and O–H groups in total. The number of hydrogen-bond donors (Lipinski definition) is 1. The molecule has 0 amide bonds. The normalized spacial score (nSPS) is 12.3. The van der Waals surface area contributed by atoms with Crippen molar-refractivity contribution < 1.29 is 8.78 Å². The molecule has 0 saturated heterocycles. The average molecular weight is 433 g/mol. The van der Waals surface area contributed by atoms with Gasteiger partial charge in [-0.3, -0.25) is 4.68 Å². The van der Waals surface area contributed by atoms with Crippen molar-refractivity contribution >= 4 is 33.6 Å². The molecule has 1 unspecified atom stereocenters. The molecule has 0 fully saturated rings. The minimum atomic E-state index is -0.585.